The Morgan fingerprint density at radius 1 is 1.50 bits per heavy atom. The van der Waals surface area contributed by atoms with Crippen molar-refractivity contribution in [3.63, 3.8) is 0 Å². The summed E-state index contributed by atoms with van der Waals surface area (Å²) in [6, 6.07) is 5.60. The predicted octanol–water partition coefficient (Wildman–Crippen LogP) is 1.17. The van der Waals surface area contributed by atoms with Crippen LogP contribution in [0.2, 0.25) is 0 Å². The van der Waals surface area contributed by atoms with Crippen LogP contribution in [0.1, 0.15) is 11.8 Å². The third-order valence-corrected chi connectivity index (χ3v) is 1.14. The van der Waals surface area contributed by atoms with Gasteiger partial charge >= 0.3 is 0 Å². The molecule has 2 nitrogen and oxygen atoms in total. The lowest BCUT2D eigenvalue weighted by Gasteiger charge is -1.94. The number of hydrogen-bond acceptors (Lipinski definition) is 1. The molecule has 0 unspecified atom stereocenters. The minimum Gasteiger partial charge on any atom is -0.366 e. The molecule has 0 aliphatic rings. The van der Waals surface area contributed by atoms with Crippen LogP contribution in [-0.2, 0) is 0 Å². The van der Waals surface area contributed by atoms with Gasteiger partial charge in [0.1, 0.15) is 5.82 Å². The zero-order valence-electron chi connectivity index (χ0n) is 5.17. The topological polar surface area (TPSA) is 43.1 Å². The first-order valence-corrected chi connectivity index (χ1v) is 2.76. The molecule has 10 heavy (non-hydrogen) atoms. The normalized spacial score (nSPS) is 9.30. The summed E-state index contributed by atoms with van der Waals surface area (Å²) < 4.78 is 12.5. The summed E-state index contributed by atoms with van der Waals surface area (Å²) >= 11 is 0. The van der Waals surface area contributed by atoms with E-state index in [2.05, 4.69) is 0 Å². The Hall–Kier alpha value is -1.38. The van der Waals surface area contributed by atoms with Crippen LogP contribution in [0.15, 0.2) is 24.3 Å². The molecule has 3 heteroatoms. The first-order valence-electron chi connectivity index (χ1n) is 2.76. The average molecular weight is 141 g/mol. The summed E-state index contributed by atoms with van der Waals surface area (Å²) in [5.74, 6) is -1.31. The highest BCUT2D eigenvalue weighted by Gasteiger charge is 2.04. The van der Waals surface area contributed by atoms with Crippen molar-refractivity contribution in [2.45, 2.75) is 0 Å². The van der Waals surface area contributed by atoms with Crippen molar-refractivity contribution < 1.29 is 10.6 Å². The zero-order chi connectivity index (χ0) is 7.56. The van der Waals surface area contributed by atoms with Crippen LogP contribution in [0.25, 0.3) is 0 Å². The Balaban J connectivity index is 0.000001000. The number of carbonyl (C=O) groups is 1. The first kappa shape index (κ1) is 6.74. The SMILES string of the molecule is NC(=O)c1ccccc1F.[HH]. The lowest BCUT2D eigenvalue weighted by atomic mass is 10.2. The van der Waals surface area contributed by atoms with Gasteiger partial charge in [-0.1, -0.05) is 12.1 Å². The van der Waals surface area contributed by atoms with Gasteiger partial charge in [0.15, 0.2) is 0 Å². The maximum absolute atomic E-state index is 12.5. The summed E-state index contributed by atoms with van der Waals surface area (Å²) in [4.78, 5) is 10.4. The molecule has 0 aliphatic carbocycles. The number of nitrogens with two attached hydrogens (primary N) is 1. The summed E-state index contributed by atoms with van der Waals surface area (Å²) in [6.45, 7) is 0. The van der Waals surface area contributed by atoms with Gasteiger partial charge in [-0.25, -0.2) is 4.39 Å². The summed E-state index contributed by atoms with van der Waals surface area (Å²) in [7, 11) is 0. The molecule has 0 fully saturated rings. The highest BCUT2D eigenvalue weighted by molar-refractivity contribution is 5.92. The fraction of sp³-hybridized carbons (Fsp3) is 0. The van der Waals surface area contributed by atoms with Gasteiger partial charge in [-0.15, -0.1) is 0 Å². The first-order chi connectivity index (χ1) is 4.72. The molecule has 1 aromatic rings. The van der Waals surface area contributed by atoms with Gasteiger partial charge in [0, 0.05) is 1.43 Å². The number of primary amides is 1. The number of halogens is 1. The van der Waals surface area contributed by atoms with Crippen molar-refractivity contribution >= 4 is 5.91 Å². The second kappa shape index (κ2) is 2.47. The summed E-state index contributed by atoms with van der Waals surface area (Å²) in [6.07, 6.45) is 0. The molecular weight excluding hydrogens is 133 g/mol. The monoisotopic (exact) mass is 141 g/mol. The Bertz CT molecular complexity index is 264. The van der Waals surface area contributed by atoms with E-state index in [-0.39, 0.29) is 6.99 Å². The number of amides is 1. The maximum Gasteiger partial charge on any atom is 0.251 e. The fourth-order valence-corrected chi connectivity index (χ4v) is 0.661. The van der Waals surface area contributed by atoms with Crippen molar-refractivity contribution in [2.75, 3.05) is 0 Å². The Labute approximate surface area is 58.9 Å². The molecule has 1 rings (SSSR count). The molecule has 0 atom stereocenters. The van der Waals surface area contributed by atoms with Crippen LogP contribution in [0.4, 0.5) is 4.39 Å². The standard InChI is InChI=1S/C7H6FNO.H2/c8-6-4-2-1-3-5(6)7(9)10;/h1-4H,(H2,9,10);1H. The minimum atomic E-state index is -0.738. The second-order valence-electron chi connectivity index (χ2n) is 1.84. The van der Waals surface area contributed by atoms with Crippen molar-refractivity contribution in [1.29, 1.82) is 0 Å². The molecule has 0 aliphatic heterocycles. The Morgan fingerprint density at radius 2 is 2.10 bits per heavy atom. The predicted molar refractivity (Wildman–Crippen MR) is 37.0 cm³/mol. The molecule has 0 bridgehead atoms. The number of benzene rings is 1. The Morgan fingerprint density at radius 3 is 2.50 bits per heavy atom. The molecule has 1 amide bonds. The van der Waals surface area contributed by atoms with E-state index >= 15 is 0 Å². The van der Waals surface area contributed by atoms with Gasteiger partial charge in [0.2, 0.25) is 0 Å². The van der Waals surface area contributed by atoms with Gasteiger partial charge in [-0.05, 0) is 12.1 Å². The largest absolute Gasteiger partial charge is 0.366 e. The lowest BCUT2D eigenvalue weighted by molar-refractivity contribution is 0.0996. The molecule has 1 aromatic carbocycles. The van der Waals surface area contributed by atoms with Crippen molar-refractivity contribution in [2.24, 2.45) is 5.73 Å². The van der Waals surface area contributed by atoms with E-state index in [9.17, 15) is 9.18 Å². The third-order valence-electron chi connectivity index (χ3n) is 1.14. The van der Waals surface area contributed by atoms with Crippen molar-refractivity contribution in [3.8, 4) is 0 Å². The van der Waals surface area contributed by atoms with Crippen molar-refractivity contribution in [1.82, 2.24) is 0 Å². The zero-order valence-corrected chi connectivity index (χ0v) is 5.17. The van der Waals surface area contributed by atoms with Crippen LogP contribution in [-0.4, -0.2) is 5.91 Å². The Kier molecular flexibility index (Phi) is 1.67. The highest BCUT2D eigenvalue weighted by Crippen LogP contribution is 2.03. The molecular formula is C7H8FNO. The van der Waals surface area contributed by atoms with Gasteiger partial charge in [0.05, 0.1) is 5.56 Å². The van der Waals surface area contributed by atoms with Crippen LogP contribution in [0.3, 0.4) is 0 Å². The molecule has 0 spiro atoms. The molecule has 54 valence electrons. The molecule has 0 radical (unpaired) electrons. The van der Waals surface area contributed by atoms with E-state index in [1.165, 1.54) is 18.2 Å². The average Bonchev–Trinajstić information content (AvgIpc) is 1.88. The fourth-order valence-electron chi connectivity index (χ4n) is 0.661. The van der Waals surface area contributed by atoms with E-state index in [0.717, 1.165) is 0 Å². The van der Waals surface area contributed by atoms with Gasteiger partial charge < -0.3 is 5.73 Å². The van der Waals surface area contributed by atoms with Gasteiger partial charge in [0.25, 0.3) is 5.91 Å². The maximum atomic E-state index is 12.5. The van der Waals surface area contributed by atoms with Crippen molar-refractivity contribution in [3.05, 3.63) is 35.6 Å². The quantitative estimate of drug-likeness (QED) is 0.626. The lowest BCUT2D eigenvalue weighted by Crippen LogP contribution is -2.12. The summed E-state index contributed by atoms with van der Waals surface area (Å²) in [5, 5.41) is 0. The minimum absolute atomic E-state index is 0. The second-order valence-corrected chi connectivity index (χ2v) is 1.84. The van der Waals surface area contributed by atoms with E-state index in [4.69, 9.17) is 5.73 Å². The van der Waals surface area contributed by atoms with E-state index in [1.807, 2.05) is 0 Å². The highest BCUT2D eigenvalue weighted by atomic mass is 19.1. The molecule has 0 saturated heterocycles. The number of hydrogen-bond donors (Lipinski definition) is 1. The van der Waals surface area contributed by atoms with Crippen LogP contribution < -0.4 is 5.73 Å². The molecule has 0 aromatic heterocycles. The van der Waals surface area contributed by atoms with E-state index in [0.29, 0.717) is 0 Å². The van der Waals surface area contributed by atoms with E-state index in [1.54, 1.807) is 6.07 Å². The van der Waals surface area contributed by atoms with Gasteiger partial charge in [-0.2, -0.15) is 0 Å². The molecule has 0 heterocycles. The third kappa shape index (κ3) is 1.13. The van der Waals surface area contributed by atoms with Gasteiger partial charge in [-0.3, -0.25) is 4.79 Å². The number of rotatable bonds is 1. The van der Waals surface area contributed by atoms with Crippen LogP contribution >= 0.6 is 0 Å². The molecule has 0 saturated carbocycles. The van der Waals surface area contributed by atoms with Crippen LogP contribution in [0, 0.1) is 5.82 Å². The van der Waals surface area contributed by atoms with E-state index < -0.39 is 11.7 Å². The van der Waals surface area contributed by atoms with Crippen LogP contribution in [0.5, 0.6) is 0 Å². The summed E-state index contributed by atoms with van der Waals surface area (Å²) in [5.41, 5.74) is 4.77. The number of carbonyl (C=O) groups excluding carboxylic acids is 1. The smallest absolute Gasteiger partial charge is 0.251 e. The molecule has 2 N–H and O–H groups in total.